The van der Waals surface area contributed by atoms with E-state index >= 15 is 0 Å². The zero-order chi connectivity index (χ0) is 27.2. The Balaban J connectivity index is 1.55. The summed E-state index contributed by atoms with van der Waals surface area (Å²) >= 11 is -3.91. The first kappa shape index (κ1) is 24.4. The normalized spacial score (nSPS) is 11.9. The summed E-state index contributed by atoms with van der Waals surface area (Å²) in [6.45, 7) is 0. The van der Waals surface area contributed by atoms with E-state index in [1.807, 2.05) is 0 Å². The number of rotatable bonds is 4. The summed E-state index contributed by atoms with van der Waals surface area (Å²) in [5, 5.41) is 10.3. The molecule has 0 N–H and O–H groups in total. The van der Waals surface area contributed by atoms with Crippen molar-refractivity contribution >= 4 is 75.8 Å². The molecule has 0 radical (unpaired) electrons. The van der Waals surface area contributed by atoms with Gasteiger partial charge in [0.25, 0.3) is 0 Å². The van der Waals surface area contributed by atoms with Crippen molar-refractivity contribution in [3.8, 4) is 0 Å². The molecule has 0 aromatic heterocycles. The molecule has 192 valence electrons. The van der Waals surface area contributed by atoms with E-state index in [0.717, 1.165) is 0 Å². The molecule has 0 amide bonds. The van der Waals surface area contributed by atoms with Crippen molar-refractivity contribution in [3.05, 3.63) is 170 Å². The predicted octanol–water partition coefficient (Wildman–Crippen LogP) is 7.68. The molecule has 0 aliphatic carbocycles. The van der Waals surface area contributed by atoms with Crippen molar-refractivity contribution in [1.82, 2.24) is 0 Å². The van der Waals surface area contributed by atoms with E-state index in [1.165, 1.54) is 57.4 Å². The standard InChI is InChI=1S/4C10H7.Sn/c4*1-2-6-10-8-4-3-7-9(10)5-1;/h4*1-3,5-8H;. The fraction of sp³-hybridized carbons (Fsp3) is 0. The van der Waals surface area contributed by atoms with Crippen LogP contribution in [0.5, 0.6) is 0 Å². The van der Waals surface area contributed by atoms with Gasteiger partial charge in [0.05, 0.1) is 0 Å². The fourth-order valence-corrected chi connectivity index (χ4v) is 20.5. The number of benzene rings is 8. The van der Waals surface area contributed by atoms with E-state index in [9.17, 15) is 0 Å². The van der Waals surface area contributed by atoms with Gasteiger partial charge in [0.1, 0.15) is 0 Å². The monoisotopic (exact) mass is 628 g/mol. The molecule has 0 heterocycles. The van der Waals surface area contributed by atoms with Crippen LogP contribution in [0.25, 0.3) is 43.1 Å². The van der Waals surface area contributed by atoms with Crippen LogP contribution in [0, 0.1) is 0 Å². The Morgan fingerprint density at radius 3 is 0.683 bits per heavy atom. The molecule has 1 heteroatoms. The van der Waals surface area contributed by atoms with Gasteiger partial charge in [-0.3, -0.25) is 0 Å². The number of hydrogen-bond acceptors (Lipinski definition) is 0. The zero-order valence-corrected chi connectivity index (χ0v) is 25.5. The molecule has 0 atom stereocenters. The Labute approximate surface area is 244 Å². The molecule has 8 rings (SSSR count). The van der Waals surface area contributed by atoms with Gasteiger partial charge in [0, 0.05) is 0 Å². The van der Waals surface area contributed by atoms with Crippen LogP contribution in [0.15, 0.2) is 170 Å². The Kier molecular flexibility index (Phi) is 5.89. The second kappa shape index (κ2) is 9.90. The zero-order valence-electron chi connectivity index (χ0n) is 22.7. The van der Waals surface area contributed by atoms with Crippen molar-refractivity contribution < 1.29 is 0 Å². The van der Waals surface area contributed by atoms with Crippen LogP contribution in [0.2, 0.25) is 0 Å². The van der Waals surface area contributed by atoms with Crippen LogP contribution in [0.4, 0.5) is 0 Å². The van der Waals surface area contributed by atoms with Gasteiger partial charge in [-0.05, 0) is 0 Å². The van der Waals surface area contributed by atoms with Gasteiger partial charge in [0.2, 0.25) is 0 Å². The summed E-state index contributed by atoms with van der Waals surface area (Å²) < 4.78 is 5.88. The summed E-state index contributed by atoms with van der Waals surface area (Å²) in [5.74, 6) is 0. The molecule has 0 aliphatic rings. The van der Waals surface area contributed by atoms with Crippen molar-refractivity contribution in [1.29, 1.82) is 0 Å². The predicted molar refractivity (Wildman–Crippen MR) is 180 cm³/mol. The molecule has 0 spiro atoms. The third-order valence-corrected chi connectivity index (χ3v) is 22.2. The van der Waals surface area contributed by atoms with E-state index in [0.29, 0.717) is 0 Å². The molecule has 0 bridgehead atoms. The first-order chi connectivity index (χ1) is 20.3. The Morgan fingerprint density at radius 1 is 0.220 bits per heavy atom. The van der Waals surface area contributed by atoms with E-state index < -0.39 is 18.4 Å². The van der Waals surface area contributed by atoms with Crippen LogP contribution in [-0.2, 0) is 0 Å². The van der Waals surface area contributed by atoms with Crippen molar-refractivity contribution in [2.45, 2.75) is 0 Å². The number of hydrogen-bond donors (Lipinski definition) is 0. The summed E-state index contributed by atoms with van der Waals surface area (Å²) in [5.41, 5.74) is 0. The molecule has 0 fully saturated rings. The maximum absolute atomic E-state index is 3.91. The summed E-state index contributed by atoms with van der Waals surface area (Å²) in [7, 11) is 0. The molecule has 0 unspecified atom stereocenters. The topological polar surface area (TPSA) is 0 Å². The average Bonchev–Trinajstić information content (AvgIpc) is 3.05. The first-order valence-corrected chi connectivity index (χ1v) is 20.0. The quantitative estimate of drug-likeness (QED) is 0.176. The van der Waals surface area contributed by atoms with Crippen LogP contribution < -0.4 is 14.3 Å². The van der Waals surface area contributed by atoms with Gasteiger partial charge in [-0.1, -0.05) is 0 Å². The van der Waals surface area contributed by atoms with E-state index in [2.05, 4.69) is 170 Å². The molecule has 0 saturated heterocycles. The van der Waals surface area contributed by atoms with Gasteiger partial charge in [-0.2, -0.15) is 0 Å². The van der Waals surface area contributed by atoms with Crippen LogP contribution in [-0.4, -0.2) is 18.4 Å². The van der Waals surface area contributed by atoms with Gasteiger partial charge >= 0.3 is 246 Å². The van der Waals surface area contributed by atoms with Gasteiger partial charge in [-0.25, -0.2) is 0 Å². The van der Waals surface area contributed by atoms with Crippen LogP contribution >= 0.6 is 0 Å². The molecule has 0 aliphatic heterocycles. The summed E-state index contributed by atoms with van der Waals surface area (Å²) in [4.78, 5) is 0. The van der Waals surface area contributed by atoms with Crippen molar-refractivity contribution in [3.63, 3.8) is 0 Å². The number of fused-ring (bicyclic) bond motifs is 4. The Bertz CT molecular complexity index is 1900. The van der Waals surface area contributed by atoms with E-state index in [1.54, 1.807) is 0 Å². The molecule has 0 saturated carbocycles. The molecule has 41 heavy (non-hydrogen) atoms. The van der Waals surface area contributed by atoms with Gasteiger partial charge in [-0.15, -0.1) is 0 Å². The minimum atomic E-state index is -3.91. The second-order valence-corrected chi connectivity index (χ2v) is 21.9. The molecule has 8 aromatic rings. The Morgan fingerprint density at radius 2 is 0.439 bits per heavy atom. The van der Waals surface area contributed by atoms with Crippen molar-refractivity contribution in [2.24, 2.45) is 0 Å². The summed E-state index contributed by atoms with van der Waals surface area (Å²) in [6, 6.07) is 64.1. The molecule has 0 nitrogen and oxygen atoms in total. The summed E-state index contributed by atoms with van der Waals surface area (Å²) in [6.07, 6.45) is 0. The molecular formula is C40H28Sn. The van der Waals surface area contributed by atoms with E-state index in [-0.39, 0.29) is 0 Å². The Hall–Kier alpha value is -4.40. The first-order valence-electron chi connectivity index (χ1n) is 14.3. The molecule has 8 aromatic carbocycles. The molecular weight excluding hydrogens is 599 g/mol. The SMILES string of the molecule is c1ccc2c[c]([Sn]([c]3ccc4ccccc4c3)([c]3ccc4ccccc4c3)[c]3ccc4ccccc4c3)ccc2c1. The maximum atomic E-state index is 2.49. The van der Waals surface area contributed by atoms with Crippen LogP contribution in [0.3, 0.4) is 0 Å². The van der Waals surface area contributed by atoms with Crippen LogP contribution in [0.1, 0.15) is 0 Å². The van der Waals surface area contributed by atoms with Gasteiger partial charge in [0.15, 0.2) is 0 Å². The van der Waals surface area contributed by atoms with Crippen molar-refractivity contribution in [2.75, 3.05) is 0 Å². The fourth-order valence-electron chi connectivity index (χ4n) is 6.69. The van der Waals surface area contributed by atoms with Gasteiger partial charge < -0.3 is 0 Å². The second-order valence-electron chi connectivity index (χ2n) is 11.0. The third-order valence-electron chi connectivity index (χ3n) is 8.73. The van der Waals surface area contributed by atoms with E-state index in [4.69, 9.17) is 0 Å². The minimum absolute atomic E-state index is 1.28. The third kappa shape index (κ3) is 4.05. The average molecular weight is 627 g/mol.